The van der Waals surface area contributed by atoms with Crippen LogP contribution in [-0.4, -0.2) is 33.4 Å². The summed E-state index contributed by atoms with van der Waals surface area (Å²) in [5, 5.41) is 13.8. The molecule has 4 rings (SSSR count). The van der Waals surface area contributed by atoms with Crippen LogP contribution in [0.4, 0.5) is 5.69 Å². The minimum atomic E-state index is -0.943. The highest BCUT2D eigenvalue weighted by Crippen LogP contribution is 2.31. The van der Waals surface area contributed by atoms with Gasteiger partial charge in [0.05, 0.1) is 30.9 Å². The van der Waals surface area contributed by atoms with Crippen LogP contribution in [0.2, 0.25) is 0 Å². The molecule has 1 aliphatic carbocycles. The third-order valence-corrected chi connectivity index (χ3v) is 6.67. The fourth-order valence-corrected chi connectivity index (χ4v) is 4.54. The molecule has 1 heterocycles. The highest BCUT2D eigenvalue weighted by molar-refractivity contribution is 5.89. The normalized spacial score (nSPS) is 14.5. The van der Waals surface area contributed by atoms with Gasteiger partial charge in [0.25, 0.3) is 0 Å². The van der Waals surface area contributed by atoms with Crippen molar-refractivity contribution in [3.05, 3.63) is 101 Å². The molecule has 0 fully saturated rings. The molecule has 0 saturated heterocycles. The topological polar surface area (TPSA) is 88.7 Å². The van der Waals surface area contributed by atoms with E-state index in [9.17, 15) is 9.90 Å². The molecule has 2 atom stereocenters. The van der Waals surface area contributed by atoms with Gasteiger partial charge in [0.2, 0.25) is 5.89 Å². The van der Waals surface area contributed by atoms with Crippen LogP contribution in [0.25, 0.3) is 0 Å². The number of carboxylic acid groups (broad SMARTS) is 1. The summed E-state index contributed by atoms with van der Waals surface area (Å²) >= 11 is 0. The van der Waals surface area contributed by atoms with Gasteiger partial charge in [-0.1, -0.05) is 107 Å². The van der Waals surface area contributed by atoms with E-state index in [2.05, 4.69) is 73.1 Å². The molecule has 0 radical (unpaired) electrons. The summed E-state index contributed by atoms with van der Waals surface area (Å²) in [4.78, 5) is 18.4. The number of carboxylic acids is 1. The van der Waals surface area contributed by atoms with Gasteiger partial charge in [-0.3, -0.25) is 0 Å². The van der Waals surface area contributed by atoms with Gasteiger partial charge in [0, 0.05) is 12.6 Å². The zero-order chi connectivity index (χ0) is 30.9. The molecule has 0 aliphatic heterocycles. The maximum Gasteiger partial charge on any atom is 0.335 e. The molecule has 7 nitrogen and oxygen atoms in total. The summed E-state index contributed by atoms with van der Waals surface area (Å²) < 4.78 is 11.3. The minimum absolute atomic E-state index is 0.0138. The molecule has 2 aromatic carbocycles. The number of hydrogen-bond acceptors (Lipinski definition) is 6. The number of ether oxygens (including phenoxy) is 1. The third kappa shape index (κ3) is 10.6. The van der Waals surface area contributed by atoms with E-state index in [4.69, 9.17) is 9.26 Å². The average Bonchev–Trinajstić information content (AvgIpc) is 3.44. The van der Waals surface area contributed by atoms with Gasteiger partial charge in [-0.15, -0.1) is 0 Å². The SMILES string of the molecule is CC.CCC.CCCCc1ccc(C(=O)O)cc1N(Cc1noc(C)n1)C(C)C1=CCC(OCc2ccccc2)C=C1. The first kappa shape index (κ1) is 34.5. The lowest BCUT2D eigenvalue weighted by molar-refractivity contribution is 0.0696. The van der Waals surface area contributed by atoms with E-state index in [1.807, 2.05) is 38.1 Å². The number of aromatic carboxylic acids is 1. The number of carbonyl (C=O) groups is 1. The molecular weight excluding hydrogens is 526 g/mol. The van der Waals surface area contributed by atoms with Crippen LogP contribution in [0.3, 0.4) is 0 Å². The first-order valence-corrected chi connectivity index (χ1v) is 15.3. The Kier molecular flexibility index (Phi) is 15.3. The van der Waals surface area contributed by atoms with Crippen LogP contribution in [0.1, 0.15) is 100 Å². The first-order valence-electron chi connectivity index (χ1n) is 15.3. The van der Waals surface area contributed by atoms with Gasteiger partial charge in [0.1, 0.15) is 0 Å². The summed E-state index contributed by atoms with van der Waals surface area (Å²) in [6.07, 6.45) is 11.4. The summed E-state index contributed by atoms with van der Waals surface area (Å²) in [6, 6.07) is 15.5. The van der Waals surface area contributed by atoms with Crippen molar-refractivity contribution in [3.8, 4) is 0 Å². The van der Waals surface area contributed by atoms with E-state index in [0.717, 1.165) is 48.1 Å². The molecule has 2 unspecified atom stereocenters. The van der Waals surface area contributed by atoms with Gasteiger partial charge in [-0.2, -0.15) is 4.98 Å². The number of hydrogen-bond donors (Lipinski definition) is 1. The van der Waals surface area contributed by atoms with E-state index in [-0.39, 0.29) is 17.7 Å². The van der Waals surface area contributed by atoms with Crippen molar-refractivity contribution in [1.82, 2.24) is 10.1 Å². The number of anilines is 1. The van der Waals surface area contributed by atoms with Crippen molar-refractivity contribution < 1.29 is 19.2 Å². The second-order valence-electron chi connectivity index (χ2n) is 10.1. The minimum Gasteiger partial charge on any atom is -0.478 e. The zero-order valence-corrected chi connectivity index (χ0v) is 26.5. The molecule has 0 saturated carbocycles. The average molecular weight is 576 g/mol. The molecule has 0 amide bonds. The van der Waals surface area contributed by atoms with Crippen molar-refractivity contribution >= 4 is 11.7 Å². The first-order chi connectivity index (χ1) is 20.4. The van der Waals surface area contributed by atoms with E-state index in [0.29, 0.717) is 24.9 Å². The Morgan fingerprint density at radius 3 is 2.43 bits per heavy atom. The zero-order valence-electron chi connectivity index (χ0n) is 26.5. The summed E-state index contributed by atoms with van der Waals surface area (Å²) in [5.41, 5.74) is 4.56. The Morgan fingerprint density at radius 2 is 1.86 bits per heavy atom. The van der Waals surface area contributed by atoms with Gasteiger partial charge in [0.15, 0.2) is 5.82 Å². The predicted molar refractivity (Wildman–Crippen MR) is 171 cm³/mol. The third-order valence-electron chi connectivity index (χ3n) is 6.67. The number of unbranched alkanes of at least 4 members (excludes halogenated alkanes) is 1. The number of aromatic nitrogens is 2. The molecule has 1 aromatic heterocycles. The van der Waals surface area contributed by atoms with Crippen LogP contribution in [-0.2, 0) is 24.3 Å². The Morgan fingerprint density at radius 1 is 1.14 bits per heavy atom. The Bertz CT molecular complexity index is 1270. The van der Waals surface area contributed by atoms with Gasteiger partial charge in [-0.25, -0.2) is 4.79 Å². The summed E-state index contributed by atoms with van der Waals surface area (Å²) in [6.45, 7) is 15.3. The van der Waals surface area contributed by atoms with Crippen LogP contribution in [0.15, 0.2) is 76.9 Å². The highest BCUT2D eigenvalue weighted by Gasteiger charge is 2.25. The van der Waals surface area contributed by atoms with E-state index >= 15 is 0 Å². The monoisotopic (exact) mass is 575 g/mol. The van der Waals surface area contributed by atoms with Crippen LogP contribution in [0.5, 0.6) is 0 Å². The second-order valence-corrected chi connectivity index (χ2v) is 10.1. The van der Waals surface area contributed by atoms with Crippen molar-refractivity contribution in [3.63, 3.8) is 0 Å². The van der Waals surface area contributed by atoms with Crippen LogP contribution >= 0.6 is 0 Å². The fraction of sp³-hybridized carbons (Fsp3) is 0.457. The van der Waals surface area contributed by atoms with Crippen molar-refractivity contribution in [2.24, 2.45) is 0 Å². The van der Waals surface area contributed by atoms with Crippen molar-refractivity contribution in [2.75, 3.05) is 4.90 Å². The lowest BCUT2D eigenvalue weighted by Gasteiger charge is -2.34. The molecule has 228 valence electrons. The van der Waals surface area contributed by atoms with Gasteiger partial charge < -0.3 is 19.3 Å². The fourth-order valence-electron chi connectivity index (χ4n) is 4.54. The quantitative estimate of drug-likeness (QED) is 0.231. The van der Waals surface area contributed by atoms with E-state index < -0.39 is 5.97 Å². The van der Waals surface area contributed by atoms with Crippen LogP contribution < -0.4 is 4.90 Å². The lowest BCUT2D eigenvalue weighted by Crippen LogP contribution is -2.35. The lowest BCUT2D eigenvalue weighted by atomic mass is 9.96. The largest absolute Gasteiger partial charge is 0.478 e. The highest BCUT2D eigenvalue weighted by atomic mass is 16.5. The summed E-state index contributed by atoms with van der Waals surface area (Å²) in [5.74, 6) is 0.126. The predicted octanol–water partition coefficient (Wildman–Crippen LogP) is 8.73. The second kappa shape index (κ2) is 18.7. The Balaban J connectivity index is 0.00000116. The number of rotatable bonds is 12. The molecule has 1 N–H and O–H groups in total. The number of aryl methyl sites for hydroxylation is 2. The number of nitrogens with zero attached hydrogens (tertiary/aromatic N) is 3. The maximum atomic E-state index is 11.8. The van der Waals surface area contributed by atoms with Gasteiger partial charge >= 0.3 is 5.97 Å². The van der Waals surface area contributed by atoms with Crippen LogP contribution in [0, 0.1) is 6.92 Å². The maximum absolute atomic E-state index is 11.8. The smallest absolute Gasteiger partial charge is 0.335 e. The van der Waals surface area contributed by atoms with Crippen molar-refractivity contribution in [2.45, 2.75) is 106 Å². The Labute approximate surface area is 252 Å². The molecule has 3 aromatic rings. The molecule has 42 heavy (non-hydrogen) atoms. The summed E-state index contributed by atoms with van der Waals surface area (Å²) in [7, 11) is 0. The van der Waals surface area contributed by atoms with E-state index in [1.165, 1.54) is 6.42 Å². The molecule has 1 aliphatic rings. The molecular formula is C35H49N3O4. The number of benzene rings is 2. The molecule has 7 heteroatoms. The molecule has 0 spiro atoms. The standard InChI is InChI=1S/C30H35N3O4.C3H8.C2H6/c1-4-5-11-25-12-13-26(30(34)35)18-28(25)33(19-29-31-22(3)37-32-29)21(2)24-14-16-27(17-15-24)36-20-23-9-7-6-8-10-23;1-3-2;1-2/h6-10,12-16,18,21,27H,4-5,11,17,19-20H2,1-3H3,(H,34,35);3H2,1-2H3;1-2H3. The van der Waals surface area contributed by atoms with Gasteiger partial charge in [-0.05, 0) is 55.0 Å². The molecule has 0 bridgehead atoms. The van der Waals surface area contributed by atoms with Crippen molar-refractivity contribution in [1.29, 1.82) is 0 Å². The van der Waals surface area contributed by atoms with E-state index in [1.54, 1.807) is 19.1 Å². The Hall–Kier alpha value is -3.71.